The van der Waals surface area contributed by atoms with E-state index in [0.29, 0.717) is 6.04 Å². The fourth-order valence-corrected chi connectivity index (χ4v) is 4.44. The molecule has 1 aliphatic heterocycles. The largest absolute Gasteiger partial charge is 0.323 e. The number of likely N-dealkylation sites (tertiary alicyclic amines) is 1. The van der Waals surface area contributed by atoms with E-state index in [1.807, 2.05) is 0 Å². The van der Waals surface area contributed by atoms with Gasteiger partial charge >= 0.3 is 0 Å². The van der Waals surface area contributed by atoms with Crippen LogP contribution in [-0.4, -0.2) is 23.5 Å². The Morgan fingerprint density at radius 3 is 2.38 bits per heavy atom. The highest BCUT2D eigenvalue weighted by Crippen LogP contribution is 2.37. The zero-order valence-electron chi connectivity index (χ0n) is 13.6. The lowest BCUT2D eigenvalue weighted by Gasteiger charge is -2.37. The quantitative estimate of drug-likeness (QED) is 0.905. The first kappa shape index (κ1) is 15.1. The van der Waals surface area contributed by atoms with Crippen LogP contribution in [0.4, 0.5) is 0 Å². The van der Waals surface area contributed by atoms with Crippen molar-refractivity contribution >= 4 is 0 Å². The maximum atomic E-state index is 6.59. The molecule has 116 valence electrons. The summed E-state index contributed by atoms with van der Waals surface area (Å²) in [6, 6.07) is 10.1. The van der Waals surface area contributed by atoms with Gasteiger partial charge in [0, 0.05) is 18.1 Å². The Labute approximate surface area is 129 Å². The summed E-state index contributed by atoms with van der Waals surface area (Å²) in [6.07, 6.45) is 8.49. The van der Waals surface area contributed by atoms with Gasteiger partial charge in [-0.3, -0.25) is 4.90 Å². The molecule has 1 aliphatic carbocycles. The number of hydrogen-bond acceptors (Lipinski definition) is 2. The maximum Gasteiger partial charge on any atom is 0.0450 e. The second-order valence-corrected chi connectivity index (χ2v) is 7.17. The van der Waals surface area contributed by atoms with Crippen molar-refractivity contribution in [3.05, 3.63) is 35.4 Å². The third-order valence-corrected chi connectivity index (χ3v) is 5.79. The van der Waals surface area contributed by atoms with E-state index in [4.69, 9.17) is 5.73 Å². The molecule has 2 heteroatoms. The fourth-order valence-electron chi connectivity index (χ4n) is 4.44. The molecular formula is C19H30N2. The van der Waals surface area contributed by atoms with Gasteiger partial charge in [-0.1, -0.05) is 42.7 Å². The second kappa shape index (κ2) is 6.50. The summed E-state index contributed by atoms with van der Waals surface area (Å²) in [5, 5.41) is 0. The molecular weight excluding hydrogens is 256 g/mol. The minimum Gasteiger partial charge on any atom is -0.323 e. The van der Waals surface area contributed by atoms with Crippen molar-refractivity contribution in [2.75, 3.05) is 6.54 Å². The summed E-state index contributed by atoms with van der Waals surface area (Å²) < 4.78 is 0. The summed E-state index contributed by atoms with van der Waals surface area (Å²) in [5.41, 5.74) is 9.18. The summed E-state index contributed by atoms with van der Waals surface area (Å²) in [4.78, 5) is 2.72. The second-order valence-electron chi connectivity index (χ2n) is 7.17. The molecule has 21 heavy (non-hydrogen) atoms. The third kappa shape index (κ3) is 3.17. The van der Waals surface area contributed by atoms with Gasteiger partial charge in [0.1, 0.15) is 0 Å². The third-order valence-electron chi connectivity index (χ3n) is 5.79. The van der Waals surface area contributed by atoms with Gasteiger partial charge in [-0.15, -0.1) is 0 Å². The molecule has 0 amide bonds. The molecule has 3 unspecified atom stereocenters. The highest BCUT2D eigenvalue weighted by molar-refractivity contribution is 5.25. The van der Waals surface area contributed by atoms with Gasteiger partial charge in [0.15, 0.2) is 0 Å². The van der Waals surface area contributed by atoms with E-state index in [1.54, 1.807) is 0 Å². The zero-order chi connectivity index (χ0) is 14.8. The number of aryl methyl sites for hydroxylation is 1. The van der Waals surface area contributed by atoms with Crippen molar-refractivity contribution in [1.82, 2.24) is 4.90 Å². The summed E-state index contributed by atoms with van der Waals surface area (Å²) in [5.74, 6) is 0.931. The summed E-state index contributed by atoms with van der Waals surface area (Å²) >= 11 is 0. The minimum absolute atomic E-state index is 0.132. The van der Waals surface area contributed by atoms with Crippen LogP contribution in [0.5, 0.6) is 0 Å². The van der Waals surface area contributed by atoms with E-state index in [1.165, 1.54) is 56.2 Å². The first-order valence-corrected chi connectivity index (χ1v) is 8.74. The van der Waals surface area contributed by atoms with E-state index in [-0.39, 0.29) is 6.04 Å². The van der Waals surface area contributed by atoms with Crippen LogP contribution in [-0.2, 0) is 0 Å². The van der Waals surface area contributed by atoms with Crippen molar-refractivity contribution in [2.45, 2.75) is 70.5 Å². The molecule has 2 N–H and O–H groups in total. The van der Waals surface area contributed by atoms with Crippen LogP contribution in [0.25, 0.3) is 0 Å². The summed E-state index contributed by atoms with van der Waals surface area (Å²) in [6.45, 7) is 5.70. The van der Waals surface area contributed by atoms with Gasteiger partial charge in [0.05, 0.1) is 0 Å². The highest BCUT2D eigenvalue weighted by Gasteiger charge is 2.37. The average molecular weight is 286 g/mol. The van der Waals surface area contributed by atoms with Crippen LogP contribution in [0.3, 0.4) is 0 Å². The molecule has 0 radical (unpaired) electrons. The van der Waals surface area contributed by atoms with Crippen LogP contribution < -0.4 is 5.73 Å². The van der Waals surface area contributed by atoms with E-state index < -0.39 is 0 Å². The van der Waals surface area contributed by atoms with Gasteiger partial charge < -0.3 is 5.73 Å². The Kier molecular flexibility index (Phi) is 4.66. The predicted molar refractivity (Wildman–Crippen MR) is 89.3 cm³/mol. The van der Waals surface area contributed by atoms with E-state index in [2.05, 4.69) is 43.0 Å². The molecule has 0 bridgehead atoms. The van der Waals surface area contributed by atoms with Crippen molar-refractivity contribution in [2.24, 2.45) is 11.7 Å². The van der Waals surface area contributed by atoms with Crippen molar-refractivity contribution < 1.29 is 0 Å². The lowest BCUT2D eigenvalue weighted by molar-refractivity contribution is 0.127. The zero-order valence-corrected chi connectivity index (χ0v) is 13.6. The lowest BCUT2D eigenvalue weighted by Crippen LogP contribution is -2.45. The Bertz CT molecular complexity index is 447. The van der Waals surface area contributed by atoms with Gasteiger partial charge in [0.2, 0.25) is 0 Å². The molecule has 1 aromatic rings. The smallest absolute Gasteiger partial charge is 0.0450 e. The molecule has 2 nitrogen and oxygen atoms in total. The highest BCUT2D eigenvalue weighted by atomic mass is 15.2. The molecule has 1 heterocycles. The molecule has 0 aromatic heterocycles. The normalized spacial score (nSPS) is 27.1. The van der Waals surface area contributed by atoms with Crippen LogP contribution in [0.15, 0.2) is 24.3 Å². The van der Waals surface area contributed by atoms with Gasteiger partial charge in [-0.25, -0.2) is 0 Å². The lowest BCUT2D eigenvalue weighted by atomic mass is 9.93. The van der Waals surface area contributed by atoms with Crippen molar-refractivity contribution in [3.8, 4) is 0 Å². The molecule has 1 saturated carbocycles. The van der Waals surface area contributed by atoms with Crippen molar-refractivity contribution in [3.63, 3.8) is 0 Å². The molecule has 0 spiro atoms. The number of nitrogens with two attached hydrogens (primary N) is 1. The van der Waals surface area contributed by atoms with Crippen LogP contribution in [0.2, 0.25) is 0 Å². The Morgan fingerprint density at radius 2 is 1.71 bits per heavy atom. The van der Waals surface area contributed by atoms with Gasteiger partial charge in [-0.2, -0.15) is 0 Å². The number of rotatable bonds is 4. The maximum absolute atomic E-state index is 6.59. The molecule has 2 fully saturated rings. The monoisotopic (exact) mass is 286 g/mol. The average Bonchev–Trinajstić information content (AvgIpc) is 3.17. The molecule has 1 aromatic carbocycles. The van der Waals surface area contributed by atoms with E-state index in [9.17, 15) is 0 Å². The van der Waals surface area contributed by atoms with Crippen LogP contribution >= 0.6 is 0 Å². The number of benzene rings is 1. The Balaban J connectivity index is 1.70. The van der Waals surface area contributed by atoms with Crippen molar-refractivity contribution in [1.29, 1.82) is 0 Å². The van der Waals surface area contributed by atoms with E-state index >= 15 is 0 Å². The minimum atomic E-state index is 0.132. The summed E-state index contributed by atoms with van der Waals surface area (Å²) in [7, 11) is 0. The topological polar surface area (TPSA) is 29.3 Å². The molecule has 2 aliphatic rings. The number of hydrogen-bond donors (Lipinski definition) is 1. The standard InChI is InChI=1S/C19H30N2/c1-14-9-11-17(12-10-14)19(20)15(2)21-13-5-8-18(21)16-6-3-4-7-16/h9-12,15-16,18-19H,3-8,13,20H2,1-2H3. The van der Waals surface area contributed by atoms with Crippen LogP contribution in [0.1, 0.15) is 62.6 Å². The SMILES string of the molecule is Cc1ccc(C(N)C(C)N2CCCC2C2CCCC2)cc1. The Morgan fingerprint density at radius 1 is 1.05 bits per heavy atom. The molecule has 3 atom stereocenters. The Hall–Kier alpha value is -0.860. The molecule has 1 saturated heterocycles. The predicted octanol–water partition coefficient (Wildman–Crippen LogP) is 4.04. The van der Waals surface area contributed by atoms with Gasteiger partial charge in [0.25, 0.3) is 0 Å². The van der Waals surface area contributed by atoms with Crippen LogP contribution in [0, 0.1) is 12.8 Å². The fraction of sp³-hybridized carbons (Fsp3) is 0.684. The first-order chi connectivity index (χ1) is 10.2. The van der Waals surface area contributed by atoms with E-state index in [0.717, 1.165) is 12.0 Å². The van der Waals surface area contributed by atoms with Gasteiger partial charge in [-0.05, 0) is 57.6 Å². The first-order valence-electron chi connectivity index (χ1n) is 8.74. The molecule has 3 rings (SSSR count). The number of nitrogens with zero attached hydrogens (tertiary/aromatic N) is 1.